The molecule has 2 aliphatic rings. The van der Waals surface area contributed by atoms with Crippen molar-refractivity contribution in [3.63, 3.8) is 0 Å². The van der Waals surface area contributed by atoms with Crippen molar-refractivity contribution in [3.05, 3.63) is 12.7 Å². The maximum atomic E-state index is 12.5. The number of ether oxygens (including phenoxy) is 2. The molecular formula is C20H32N5O13P. The minimum atomic E-state index is -4.80. The van der Waals surface area contributed by atoms with Crippen LogP contribution in [-0.4, -0.2) is 134 Å². The molecule has 1 unspecified atom stereocenters. The Hall–Kier alpha value is -1.90. The van der Waals surface area contributed by atoms with E-state index in [1.165, 1.54) is 24.1 Å². The van der Waals surface area contributed by atoms with Gasteiger partial charge in [0.15, 0.2) is 17.7 Å². The van der Waals surface area contributed by atoms with E-state index in [1.54, 1.807) is 0 Å². The fourth-order valence-corrected chi connectivity index (χ4v) is 5.48. The smallest absolute Gasteiger partial charge is 0.394 e. The number of anilines is 1. The molecule has 0 radical (unpaired) electrons. The molecule has 2 fully saturated rings. The molecule has 0 spiro atoms. The summed E-state index contributed by atoms with van der Waals surface area (Å²) in [6.07, 6.45) is -13.7. The zero-order valence-corrected chi connectivity index (χ0v) is 21.5. The second kappa shape index (κ2) is 11.9. The lowest BCUT2D eigenvalue weighted by atomic mass is 9.90. The van der Waals surface area contributed by atoms with Crippen LogP contribution >= 0.6 is 7.82 Å². The summed E-state index contributed by atoms with van der Waals surface area (Å²) in [6.45, 7) is -0.112. The molecule has 0 aromatic carbocycles. The van der Waals surface area contributed by atoms with Crippen LogP contribution in [0, 0.1) is 0 Å². The third kappa shape index (κ3) is 6.23. The molecule has 0 saturated carbocycles. The number of rotatable bonds is 10. The number of phosphoric acid groups is 1. The first kappa shape index (κ1) is 30.1. The highest BCUT2D eigenvalue weighted by Crippen LogP contribution is 2.46. The third-order valence-electron chi connectivity index (χ3n) is 6.59. The zero-order chi connectivity index (χ0) is 28.6. The van der Waals surface area contributed by atoms with Crippen molar-refractivity contribution in [2.24, 2.45) is 0 Å². The van der Waals surface area contributed by atoms with Gasteiger partial charge in [-0.05, 0) is 6.92 Å². The Morgan fingerprint density at radius 3 is 2.44 bits per heavy atom. The number of aromatic nitrogens is 4. The largest absolute Gasteiger partial charge is 0.472 e. The van der Waals surface area contributed by atoms with Crippen molar-refractivity contribution in [2.45, 2.75) is 80.6 Å². The monoisotopic (exact) mass is 581 g/mol. The van der Waals surface area contributed by atoms with Gasteiger partial charge >= 0.3 is 7.82 Å². The number of nitrogens with two attached hydrogens (primary N) is 1. The van der Waals surface area contributed by atoms with E-state index < -0.39 is 88.3 Å². The standard InChI is InChI=1S/C20H32N5O13P/c1-7(2-9-12(28)14(30)15(31)17(36-9)8(27)3-26)38-39(33,34)35-4-10-13(29)16(32)20(37-10)25-6-24-11-18(21)22-5-23-19(11)25/h5-10,12-17,20,26-32H,2-4H2,1H3,(H,33,34)(H2,21,22,23)/t7-,8-,9+,10-,12-,13-,14-,15+,16-,17-,20-/m1/s1. The molecule has 0 aliphatic carbocycles. The summed E-state index contributed by atoms with van der Waals surface area (Å²) in [7, 11) is -4.80. The maximum absolute atomic E-state index is 12.5. The maximum Gasteiger partial charge on any atom is 0.472 e. The molecule has 19 heteroatoms. The van der Waals surface area contributed by atoms with Crippen molar-refractivity contribution in [1.82, 2.24) is 19.5 Å². The highest BCUT2D eigenvalue weighted by atomic mass is 31.2. The van der Waals surface area contributed by atoms with Gasteiger partial charge < -0.3 is 55.8 Å². The fourth-order valence-electron chi connectivity index (χ4n) is 4.54. The summed E-state index contributed by atoms with van der Waals surface area (Å²) in [5.41, 5.74) is 6.23. The third-order valence-corrected chi connectivity index (χ3v) is 7.69. The lowest BCUT2D eigenvalue weighted by Crippen LogP contribution is -2.61. The number of hydrogen-bond acceptors (Lipinski definition) is 16. The summed E-state index contributed by atoms with van der Waals surface area (Å²) < 4.78 is 34.9. The molecule has 2 aromatic heterocycles. The molecule has 4 heterocycles. The first-order valence-corrected chi connectivity index (χ1v) is 13.4. The summed E-state index contributed by atoms with van der Waals surface area (Å²) in [6, 6.07) is 0. The summed E-state index contributed by atoms with van der Waals surface area (Å²) in [5, 5.41) is 70.2. The number of aliphatic hydroxyl groups is 7. The summed E-state index contributed by atoms with van der Waals surface area (Å²) in [5.74, 6) is 0.0936. The van der Waals surface area contributed by atoms with Gasteiger partial charge in [0.2, 0.25) is 0 Å². The van der Waals surface area contributed by atoms with Crippen LogP contribution in [-0.2, 0) is 23.1 Å². The Kier molecular flexibility index (Phi) is 9.18. The van der Waals surface area contributed by atoms with E-state index in [1.807, 2.05) is 0 Å². The zero-order valence-electron chi connectivity index (χ0n) is 20.6. The summed E-state index contributed by atoms with van der Waals surface area (Å²) >= 11 is 0. The number of fused-ring (bicyclic) bond motifs is 1. The second-order valence-electron chi connectivity index (χ2n) is 9.41. The van der Waals surface area contributed by atoms with Crippen LogP contribution < -0.4 is 5.73 Å². The van der Waals surface area contributed by atoms with E-state index in [4.69, 9.17) is 29.4 Å². The first-order chi connectivity index (χ1) is 18.3. The molecule has 2 aromatic rings. The number of aliphatic hydroxyl groups excluding tert-OH is 7. The van der Waals surface area contributed by atoms with Crippen LogP contribution in [0.2, 0.25) is 0 Å². The minimum Gasteiger partial charge on any atom is -0.394 e. The molecule has 4 rings (SSSR count). The van der Waals surface area contributed by atoms with Gasteiger partial charge in [-0.1, -0.05) is 0 Å². The van der Waals surface area contributed by atoms with Gasteiger partial charge in [-0.3, -0.25) is 13.6 Å². The Bertz CT molecular complexity index is 1170. The molecule has 0 amide bonds. The highest BCUT2D eigenvalue weighted by molar-refractivity contribution is 7.47. The average molecular weight is 581 g/mol. The van der Waals surface area contributed by atoms with Crippen molar-refractivity contribution in [2.75, 3.05) is 18.9 Å². The van der Waals surface area contributed by atoms with Crippen molar-refractivity contribution < 1.29 is 63.7 Å². The van der Waals surface area contributed by atoms with E-state index in [9.17, 15) is 40.1 Å². The first-order valence-electron chi connectivity index (χ1n) is 11.9. The Morgan fingerprint density at radius 1 is 1.05 bits per heavy atom. The van der Waals surface area contributed by atoms with Gasteiger partial charge in [-0.15, -0.1) is 0 Å². The van der Waals surface area contributed by atoms with Crippen LogP contribution in [0.1, 0.15) is 19.6 Å². The van der Waals surface area contributed by atoms with Crippen LogP contribution in [0.5, 0.6) is 0 Å². The molecule has 18 nitrogen and oxygen atoms in total. The van der Waals surface area contributed by atoms with Crippen molar-refractivity contribution in [1.29, 1.82) is 0 Å². The predicted molar refractivity (Wildman–Crippen MR) is 126 cm³/mol. The van der Waals surface area contributed by atoms with E-state index in [0.29, 0.717) is 0 Å². The normalized spacial score (nSPS) is 36.6. The number of nitrogen functional groups attached to an aromatic ring is 1. The number of phosphoric ester groups is 1. The van der Waals surface area contributed by atoms with Gasteiger partial charge in [-0.2, -0.15) is 0 Å². The van der Waals surface area contributed by atoms with Crippen LogP contribution in [0.3, 0.4) is 0 Å². The van der Waals surface area contributed by atoms with Gasteiger partial charge in [0.1, 0.15) is 60.7 Å². The number of hydrogen-bond donors (Lipinski definition) is 9. The second-order valence-corrected chi connectivity index (χ2v) is 10.8. The Labute approximate surface area is 220 Å². The molecule has 220 valence electrons. The molecule has 12 atom stereocenters. The number of nitrogens with zero attached hydrogens (tertiary/aromatic N) is 4. The lowest BCUT2D eigenvalue weighted by Gasteiger charge is -2.42. The lowest BCUT2D eigenvalue weighted by molar-refractivity contribution is -0.249. The Morgan fingerprint density at radius 2 is 1.74 bits per heavy atom. The van der Waals surface area contributed by atoms with E-state index >= 15 is 0 Å². The van der Waals surface area contributed by atoms with Crippen LogP contribution in [0.4, 0.5) is 5.82 Å². The quantitative estimate of drug-likeness (QED) is 0.121. The average Bonchev–Trinajstić information content (AvgIpc) is 3.44. The van der Waals surface area contributed by atoms with Gasteiger partial charge in [-0.25, -0.2) is 19.5 Å². The van der Waals surface area contributed by atoms with Gasteiger partial charge in [0.25, 0.3) is 0 Å². The number of imidazole rings is 1. The molecular weight excluding hydrogens is 549 g/mol. The molecule has 10 N–H and O–H groups in total. The highest BCUT2D eigenvalue weighted by Gasteiger charge is 2.48. The Balaban J connectivity index is 1.34. The fraction of sp³-hybridized carbons (Fsp3) is 0.750. The van der Waals surface area contributed by atoms with E-state index in [-0.39, 0.29) is 23.4 Å². The molecule has 2 saturated heterocycles. The summed E-state index contributed by atoms with van der Waals surface area (Å²) in [4.78, 5) is 22.1. The molecule has 2 aliphatic heterocycles. The minimum absolute atomic E-state index is 0.0936. The SMILES string of the molecule is C[C@H](C[C@@H]1O[C@H]([C@H](O)CO)[C@@H](O)[C@H](O)[C@@H]1O)OP(=O)(O)OC[C@H]1O[C@@H](n2cnc3c(N)ncnc32)[C@H](O)[C@@H]1O. The van der Waals surface area contributed by atoms with Crippen molar-refractivity contribution >= 4 is 24.8 Å². The van der Waals surface area contributed by atoms with Gasteiger partial charge in [0.05, 0.1) is 31.7 Å². The predicted octanol–water partition coefficient (Wildman–Crippen LogP) is -3.86. The van der Waals surface area contributed by atoms with E-state index in [0.717, 1.165) is 0 Å². The molecule has 39 heavy (non-hydrogen) atoms. The van der Waals surface area contributed by atoms with Gasteiger partial charge in [0, 0.05) is 6.42 Å². The van der Waals surface area contributed by atoms with E-state index in [2.05, 4.69) is 15.0 Å². The van der Waals surface area contributed by atoms with Crippen LogP contribution in [0.25, 0.3) is 11.2 Å². The van der Waals surface area contributed by atoms with Crippen LogP contribution in [0.15, 0.2) is 12.7 Å². The topological polar surface area (TPSA) is 285 Å². The van der Waals surface area contributed by atoms with Crippen molar-refractivity contribution in [3.8, 4) is 0 Å². The molecule has 0 bridgehead atoms.